The van der Waals surface area contributed by atoms with Gasteiger partial charge in [-0.15, -0.1) is 9.90 Å². The van der Waals surface area contributed by atoms with Crippen LogP contribution in [0.1, 0.15) is 24.1 Å². The maximum absolute atomic E-state index is 12.2. The van der Waals surface area contributed by atoms with Crippen LogP contribution in [0.5, 0.6) is 0 Å². The molecule has 9 heteroatoms. The van der Waals surface area contributed by atoms with E-state index in [-0.39, 0.29) is 6.42 Å². The van der Waals surface area contributed by atoms with E-state index < -0.39 is 24.0 Å². The van der Waals surface area contributed by atoms with Gasteiger partial charge >= 0.3 is 5.97 Å². The number of carboxylic acid groups (broad SMARTS) is 1. The molecule has 0 saturated heterocycles. The molecular formula is C14H20N6O3. The number of hydrogen-bond acceptors (Lipinski definition) is 6. The highest BCUT2D eigenvalue weighted by Gasteiger charge is 2.20. The lowest BCUT2D eigenvalue weighted by molar-refractivity contribution is -0.138. The number of aryl methyl sites for hydroxylation is 1. The fourth-order valence-corrected chi connectivity index (χ4v) is 2.17. The molecular weight excluding hydrogens is 300 g/mol. The van der Waals surface area contributed by atoms with E-state index in [0.717, 1.165) is 10.5 Å². The molecule has 2 heterocycles. The van der Waals surface area contributed by atoms with E-state index >= 15 is 0 Å². The fraction of sp³-hybridized carbons (Fsp3) is 0.429. The molecule has 2 atom stereocenters. The van der Waals surface area contributed by atoms with Crippen molar-refractivity contribution in [2.45, 2.75) is 31.3 Å². The highest BCUT2D eigenvalue weighted by atomic mass is 16.4. The van der Waals surface area contributed by atoms with Gasteiger partial charge in [0.2, 0.25) is 0 Å². The third-order valence-electron chi connectivity index (χ3n) is 3.56. The Hall–Kier alpha value is -2.52. The first-order chi connectivity index (χ1) is 10.9. The number of carbonyl (C=O) groups is 2. The van der Waals surface area contributed by atoms with Crippen molar-refractivity contribution < 1.29 is 14.7 Å². The molecule has 0 saturated carbocycles. The van der Waals surface area contributed by atoms with Crippen LogP contribution >= 0.6 is 0 Å². The first-order valence-corrected chi connectivity index (χ1v) is 7.22. The lowest BCUT2D eigenvalue weighted by Gasteiger charge is -2.10. The zero-order valence-corrected chi connectivity index (χ0v) is 12.8. The van der Waals surface area contributed by atoms with Crippen LogP contribution in [0, 0.1) is 0 Å². The van der Waals surface area contributed by atoms with Gasteiger partial charge < -0.3 is 21.1 Å². The van der Waals surface area contributed by atoms with Gasteiger partial charge in [0.05, 0.1) is 17.9 Å². The Morgan fingerprint density at radius 3 is 2.61 bits per heavy atom. The molecule has 5 N–H and O–H groups in total. The minimum absolute atomic E-state index is 0.261. The summed E-state index contributed by atoms with van der Waals surface area (Å²) >= 11 is 0. The Kier molecular flexibility index (Phi) is 5.24. The highest BCUT2D eigenvalue weighted by Crippen LogP contribution is 2.15. The largest absolute Gasteiger partial charge is 0.480 e. The Labute approximate surface area is 132 Å². The average molecular weight is 320 g/mol. The third-order valence-corrected chi connectivity index (χ3v) is 3.56. The highest BCUT2D eigenvalue weighted by molar-refractivity contribution is 5.82. The predicted octanol–water partition coefficient (Wildman–Crippen LogP) is -0.167. The third kappa shape index (κ3) is 4.02. The molecule has 0 radical (unpaired) electrons. The van der Waals surface area contributed by atoms with E-state index in [0.29, 0.717) is 18.5 Å². The molecule has 0 spiro atoms. The Bertz CT molecular complexity index is 692. The average Bonchev–Trinajstić information content (AvgIpc) is 3.14. The molecule has 2 aromatic heterocycles. The summed E-state index contributed by atoms with van der Waals surface area (Å²) in [5, 5.41) is 16.8. The predicted molar refractivity (Wildman–Crippen MR) is 82.5 cm³/mol. The second-order valence-electron chi connectivity index (χ2n) is 5.34. The van der Waals surface area contributed by atoms with Gasteiger partial charge in [-0.25, -0.2) is 0 Å². The van der Waals surface area contributed by atoms with Crippen molar-refractivity contribution >= 4 is 11.9 Å². The summed E-state index contributed by atoms with van der Waals surface area (Å²) in [4.78, 5) is 23.8. The maximum atomic E-state index is 12.2. The van der Waals surface area contributed by atoms with Crippen molar-refractivity contribution in [2.24, 2.45) is 18.5 Å². The zero-order valence-electron chi connectivity index (χ0n) is 12.8. The lowest BCUT2D eigenvalue weighted by Crippen LogP contribution is -2.37. The summed E-state index contributed by atoms with van der Waals surface area (Å²) < 4.78 is 1.87. The van der Waals surface area contributed by atoms with Crippen LogP contribution in [0.15, 0.2) is 24.5 Å². The van der Waals surface area contributed by atoms with Gasteiger partial charge in [-0.2, -0.15) is 5.10 Å². The molecule has 0 aliphatic carbocycles. The van der Waals surface area contributed by atoms with Crippen molar-refractivity contribution in [3.63, 3.8) is 0 Å². The van der Waals surface area contributed by atoms with Gasteiger partial charge in [0.15, 0.2) is 0 Å². The summed E-state index contributed by atoms with van der Waals surface area (Å²) in [6, 6.07) is 1.99. The molecule has 0 amide bonds. The summed E-state index contributed by atoms with van der Waals surface area (Å²) in [5.41, 5.74) is 12.6. The van der Waals surface area contributed by atoms with Gasteiger partial charge in [0.1, 0.15) is 11.7 Å². The second kappa shape index (κ2) is 7.16. The van der Waals surface area contributed by atoms with Gasteiger partial charge in [0.25, 0.3) is 5.91 Å². The van der Waals surface area contributed by atoms with Crippen molar-refractivity contribution in [3.05, 3.63) is 24.5 Å². The summed E-state index contributed by atoms with van der Waals surface area (Å²) in [5.74, 6) is -1.50. The van der Waals surface area contributed by atoms with Crippen molar-refractivity contribution in [3.8, 4) is 11.4 Å². The quantitative estimate of drug-likeness (QED) is 0.643. The van der Waals surface area contributed by atoms with Crippen molar-refractivity contribution in [2.75, 3.05) is 0 Å². The molecule has 0 bridgehead atoms. The molecule has 0 aromatic carbocycles. The van der Waals surface area contributed by atoms with E-state index in [4.69, 9.17) is 16.6 Å². The summed E-state index contributed by atoms with van der Waals surface area (Å²) in [6.45, 7) is 0. The molecule has 0 fully saturated rings. The number of rotatable bonds is 7. The first kappa shape index (κ1) is 16.8. The maximum Gasteiger partial charge on any atom is 0.320 e. The van der Waals surface area contributed by atoms with Crippen LogP contribution in [0.2, 0.25) is 0 Å². The van der Waals surface area contributed by atoms with Crippen LogP contribution in [0.3, 0.4) is 0 Å². The SMILES string of the molecule is Cn1cccc1-c1cnn(C(=O)C(N)CCC[C@H](N)C(=O)O)n1. The van der Waals surface area contributed by atoms with E-state index in [1.165, 1.54) is 6.20 Å². The number of aliphatic carboxylic acids is 1. The standard InChI is InChI=1S/C14H20N6O3/c1-19-7-3-6-12(19)11-8-17-20(18-11)13(21)9(15)4-2-5-10(16)14(22)23/h3,6-10H,2,4-5,15-16H2,1H3,(H,22,23)/t9?,10-/m0/s1. The second-order valence-corrected chi connectivity index (χ2v) is 5.34. The van der Waals surface area contributed by atoms with E-state index in [9.17, 15) is 9.59 Å². The molecule has 1 unspecified atom stereocenters. The number of aromatic nitrogens is 4. The van der Waals surface area contributed by atoms with Gasteiger partial charge in [-0.3, -0.25) is 9.59 Å². The zero-order chi connectivity index (χ0) is 17.0. The van der Waals surface area contributed by atoms with Gasteiger partial charge in [-0.05, 0) is 31.4 Å². The number of nitrogens with two attached hydrogens (primary N) is 2. The lowest BCUT2D eigenvalue weighted by atomic mass is 10.1. The Morgan fingerprint density at radius 1 is 1.30 bits per heavy atom. The molecule has 0 aliphatic rings. The van der Waals surface area contributed by atoms with Crippen LogP contribution in [0.4, 0.5) is 0 Å². The smallest absolute Gasteiger partial charge is 0.320 e. The van der Waals surface area contributed by atoms with Gasteiger partial charge in [-0.1, -0.05) is 0 Å². The number of nitrogens with zero attached hydrogens (tertiary/aromatic N) is 4. The van der Waals surface area contributed by atoms with Crippen molar-refractivity contribution in [1.82, 2.24) is 19.6 Å². The first-order valence-electron chi connectivity index (χ1n) is 7.22. The number of hydrogen-bond donors (Lipinski definition) is 3. The topological polar surface area (TPSA) is 142 Å². The minimum atomic E-state index is -1.06. The number of carbonyl (C=O) groups excluding carboxylic acids is 1. The summed E-state index contributed by atoms with van der Waals surface area (Å²) in [6.07, 6.45) is 4.39. The minimum Gasteiger partial charge on any atom is -0.480 e. The van der Waals surface area contributed by atoms with Crippen LogP contribution in [-0.4, -0.2) is 48.6 Å². The molecule has 23 heavy (non-hydrogen) atoms. The van der Waals surface area contributed by atoms with Crippen LogP contribution in [-0.2, 0) is 11.8 Å². The van der Waals surface area contributed by atoms with Crippen LogP contribution < -0.4 is 11.5 Å². The molecule has 2 rings (SSSR count). The van der Waals surface area contributed by atoms with Crippen LogP contribution in [0.25, 0.3) is 11.4 Å². The van der Waals surface area contributed by atoms with E-state index in [2.05, 4.69) is 10.2 Å². The monoisotopic (exact) mass is 320 g/mol. The molecule has 0 aliphatic heterocycles. The Balaban J connectivity index is 1.94. The number of carboxylic acids is 1. The van der Waals surface area contributed by atoms with Crippen molar-refractivity contribution in [1.29, 1.82) is 0 Å². The Morgan fingerprint density at radius 2 is 2.00 bits per heavy atom. The van der Waals surface area contributed by atoms with E-state index in [1.807, 2.05) is 29.9 Å². The fourth-order valence-electron chi connectivity index (χ4n) is 2.17. The molecule has 124 valence electrons. The van der Waals surface area contributed by atoms with Gasteiger partial charge in [0, 0.05) is 13.2 Å². The molecule has 2 aromatic rings. The summed E-state index contributed by atoms with van der Waals surface area (Å²) in [7, 11) is 1.87. The molecule has 9 nitrogen and oxygen atoms in total. The van der Waals surface area contributed by atoms with E-state index in [1.54, 1.807) is 0 Å². The normalized spacial score (nSPS) is 13.7.